The summed E-state index contributed by atoms with van der Waals surface area (Å²) in [6.07, 6.45) is 0. The topological polar surface area (TPSA) is 46.2 Å². The van der Waals surface area contributed by atoms with E-state index in [0.29, 0.717) is 0 Å². The van der Waals surface area contributed by atoms with Crippen LogP contribution in [-0.2, 0) is 0 Å². The van der Waals surface area contributed by atoms with Crippen molar-refractivity contribution in [3.63, 3.8) is 0 Å². The summed E-state index contributed by atoms with van der Waals surface area (Å²) < 4.78 is 0. The Morgan fingerprint density at radius 3 is 2.00 bits per heavy atom. The van der Waals surface area contributed by atoms with Crippen LogP contribution >= 0.6 is 34.8 Å². The highest BCUT2D eigenvalue weighted by Crippen LogP contribution is 2.28. The average molecular weight is 267 g/mol. The predicted molar refractivity (Wildman–Crippen MR) is 60.0 cm³/mol. The van der Waals surface area contributed by atoms with Crippen molar-refractivity contribution in [1.29, 1.82) is 0 Å². The Hall–Kier alpha value is -0.770. The van der Waals surface area contributed by atoms with Gasteiger partial charge < -0.3 is 5.32 Å². The number of hydrogen-bond acceptors (Lipinski definition) is 2. The molecule has 1 amide bonds. The number of nitrogens with one attached hydrogen (secondary N) is 1. The van der Waals surface area contributed by atoms with Crippen LogP contribution in [0.25, 0.3) is 0 Å². The molecule has 0 atom stereocenters. The zero-order valence-corrected chi connectivity index (χ0v) is 9.87. The number of carbonyl (C=O) groups excluding carboxylic acids is 2. The molecule has 1 aromatic rings. The fraction of sp³-hybridized carbons (Fsp3) is 0.111. The van der Waals surface area contributed by atoms with Crippen LogP contribution in [0.5, 0.6) is 0 Å². The molecule has 0 bridgehead atoms. The smallest absolute Gasteiger partial charge is 0.255 e. The molecule has 1 aromatic carbocycles. The second kappa shape index (κ2) is 4.84. The standard InChI is InChI=1S/C9H6Cl3NO2/c1-13-9(15)4-2-5(10)7(8(12)14)6(11)3-4/h2-3H,1H3,(H,13,15). The van der Waals surface area contributed by atoms with Gasteiger partial charge in [-0.05, 0) is 23.7 Å². The molecule has 0 aliphatic carbocycles. The van der Waals surface area contributed by atoms with Crippen molar-refractivity contribution in [3.8, 4) is 0 Å². The molecule has 0 aromatic heterocycles. The van der Waals surface area contributed by atoms with E-state index in [9.17, 15) is 9.59 Å². The predicted octanol–water partition coefficient (Wildman–Crippen LogP) is 2.73. The number of carbonyl (C=O) groups is 2. The fourth-order valence-electron chi connectivity index (χ4n) is 1.04. The molecule has 0 heterocycles. The summed E-state index contributed by atoms with van der Waals surface area (Å²) in [4.78, 5) is 22.2. The summed E-state index contributed by atoms with van der Waals surface area (Å²) in [5.74, 6) is -0.340. The van der Waals surface area contributed by atoms with E-state index in [-0.39, 0.29) is 27.1 Å². The number of amides is 1. The summed E-state index contributed by atoms with van der Waals surface area (Å²) in [6.45, 7) is 0. The number of halogens is 3. The molecule has 0 fully saturated rings. The maximum atomic E-state index is 11.3. The van der Waals surface area contributed by atoms with Crippen molar-refractivity contribution < 1.29 is 9.59 Å². The molecule has 1 rings (SSSR count). The molecule has 1 N–H and O–H groups in total. The molecule has 0 saturated heterocycles. The van der Waals surface area contributed by atoms with Crippen LogP contribution in [0, 0.1) is 0 Å². The third-order valence-electron chi connectivity index (χ3n) is 1.73. The Morgan fingerprint density at radius 1 is 1.20 bits per heavy atom. The van der Waals surface area contributed by atoms with Crippen LogP contribution in [0.1, 0.15) is 20.7 Å². The van der Waals surface area contributed by atoms with E-state index in [1.807, 2.05) is 0 Å². The average Bonchev–Trinajstić information content (AvgIpc) is 2.14. The Labute approximate surface area is 101 Å². The molecule has 0 radical (unpaired) electrons. The third kappa shape index (κ3) is 2.62. The van der Waals surface area contributed by atoms with Gasteiger partial charge in [-0.1, -0.05) is 23.2 Å². The molecule has 15 heavy (non-hydrogen) atoms. The van der Waals surface area contributed by atoms with Gasteiger partial charge >= 0.3 is 0 Å². The van der Waals surface area contributed by atoms with Gasteiger partial charge in [-0.3, -0.25) is 9.59 Å². The largest absolute Gasteiger partial charge is 0.355 e. The zero-order chi connectivity index (χ0) is 11.6. The van der Waals surface area contributed by atoms with Gasteiger partial charge in [0.2, 0.25) is 0 Å². The zero-order valence-electron chi connectivity index (χ0n) is 7.61. The van der Waals surface area contributed by atoms with Crippen LogP contribution in [0.2, 0.25) is 10.0 Å². The van der Waals surface area contributed by atoms with Gasteiger partial charge in [0.05, 0.1) is 15.6 Å². The molecule has 3 nitrogen and oxygen atoms in total. The minimum atomic E-state index is -0.756. The van der Waals surface area contributed by atoms with Crippen molar-refractivity contribution in [2.24, 2.45) is 0 Å². The molecular weight excluding hydrogens is 260 g/mol. The first-order valence-corrected chi connectivity index (χ1v) is 5.01. The monoisotopic (exact) mass is 265 g/mol. The Kier molecular flexibility index (Phi) is 3.97. The van der Waals surface area contributed by atoms with Gasteiger partial charge in [-0.15, -0.1) is 0 Å². The van der Waals surface area contributed by atoms with E-state index in [1.54, 1.807) is 0 Å². The molecule has 0 aliphatic heterocycles. The maximum Gasteiger partial charge on any atom is 0.255 e. The van der Waals surface area contributed by atoms with Crippen molar-refractivity contribution >= 4 is 46.0 Å². The van der Waals surface area contributed by atoms with Crippen molar-refractivity contribution in [2.45, 2.75) is 0 Å². The summed E-state index contributed by atoms with van der Waals surface area (Å²) in [7, 11) is 1.48. The van der Waals surface area contributed by atoms with Crippen LogP contribution in [0.3, 0.4) is 0 Å². The first-order valence-electron chi connectivity index (χ1n) is 3.88. The Bertz CT molecular complexity index is 408. The maximum absolute atomic E-state index is 11.3. The Morgan fingerprint density at radius 2 is 1.67 bits per heavy atom. The van der Waals surface area contributed by atoms with E-state index in [1.165, 1.54) is 19.2 Å². The molecular formula is C9H6Cl3NO2. The van der Waals surface area contributed by atoms with Gasteiger partial charge in [-0.2, -0.15) is 0 Å². The molecule has 80 valence electrons. The molecule has 6 heteroatoms. The lowest BCUT2D eigenvalue weighted by Gasteiger charge is -2.05. The highest BCUT2D eigenvalue weighted by Gasteiger charge is 2.16. The SMILES string of the molecule is CNC(=O)c1cc(Cl)c(C(=O)Cl)c(Cl)c1. The van der Waals surface area contributed by atoms with E-state index in [2.05, 4.69) is 5.32 Å². The van der Waals surface area contributed by atoms with Gasteiger partial charge in [0.1, 0.15) is 0 Å². The first-order chi connectivity index (χ1) is 6.97. The minimum Gasteiger partial charge on any atom is -0.355 e. The van der Waals surface area contributed by atoms with E-state index in [4.69, 9.17) is 34.8 Å². The quantitative estimate of drug-likeness (QED) is 0.837. The third-order valence-corrected chi connectivity index (χ3v) is 2.51. The van der Waals surface area contributed by atoms with Gasteiger partial charge in [0.15, 0.2) is 0 Å². The molecule has 0 unspecified atom stereocenters. The van der Waals surface area contributed by atoms with Gasteiger partial charge in [-0.25, -0.2) is 0 Å². The summed E-state index contributed by atoms with van der Waals surface area (Å²) in [5, 5.41) is 1.77. The highest BCUT2D eigenvalue weighted by atomic mass is 35.5. The van der Waals surface area contributed by atoms with Crippen LogP contribution in [-0.4, -0.2) is 18.2 Å². The second-order valence-electron chi connectivity index (χ2n) is 2.67. The lowest BCUT2D eigenvalue weighted by Crippen LogP contribution is -2.18. The highest BCUT2D eigenvalue weighted by molar-refractivity contribution is 6.70. The van der Waals surface area contributed by atoms with Crippen LogP contribution < -0.4 is 5.32 Å². The van der Waals surface area contributed by atoms with Crippen molar-refractivity contribution in [3.05, 3.63) is 33.3 Å². The first kappa shape index (κ1) is 12.3. The van der Waals surface area contributed by atoms with E-state index < -0.39 is 5.24 Å². The van der Waals surface area contributed by atoms with Crippen LogP contribution in [0.4, 0.5) is 0 Å². The van der Waals surface area contributed by atoms with Gasteiger partial charge in [0.25, 0.3) is 11.1 Å². The normalized spacial score (nSPS) is 9.87. The Balaban J connectivity index is 3.31. The lowest BCUT2D eigenvalue weighted by molar-refractivity contribution is 0.0962. The fourth-order valence-corrected chi connectivity index (χ4v) is 2.00. The summed E-state index contributed by atoms with van der Waals surface area (Å²) in [6, 6.07) is 2.67. The van der Waals surface area contributed by atoms with Crippen LogP contribution in [0.15, 0.2) is 12.1 Å². The molecule has 0 saturated carbocycles. The lowest BCUT2D eigenvalue weighted by atomic mass is 10.1. The molecule has 0 aliphatic rings. The second-order valence-corrected chi connectivity index (χ2v) is 3.83. The van der Waals surface area contributed by atoms with E-state index >= 15 is 0 Å². The number of benzene rings is 1. The summed E-state index contributed by atoms with van der Waals surface area (Å²) >= 11 is 16.8. The summed E-state index contributed by atoms with van der Waals surface area (Å²) in [5.41, 5.74) is 0.279. The van der Waals surface area contributed by atoms with Crippen molar-refractivity contribution in [2.75, 3.05) is 7.05 Å². The minimum absolute atomic E-state index is 0.00709. The molecule has 0 spiro atoms. The van der Waals surface area contributed by atoms with E-state index in [0.717, 1.165) is 0 Å². The number of hydrogen-bond donors (Lipinski definition) is 1. The van der Waals surface area contributed by atoms with Crippen molar-refractivity contribution in [1.82, 2.24) is 5.32 Å². The van der Waals surface area contributed by atoms with Gasteiger partial charge in [0, 0.05) is 12.6 Å². The number of rotatable bonds is 2.